The molecule has 0 fully saturated rings. The van der Waals surface area contributed by atoms with E-state index in [1.54, 1.807) is 6.92 Å². The van der Waals surface area contributed by atoms with Crippen molar-refractivity contribution in [3.63, 3.8) is 0 Å². The Morgan fingerprint density at radius 3 is 2.80 bits per heavy atom. The van der Waals surface area contributed by atoms with E-state index in [2.05, 4.69) is 11.8 Å². The van der Waals surface area contributed by atoms with Crippen LogP contribution in [0.2, 0.25) is 0 Å². The van der Waals surface area contributed by atoms with Crippen molar-refractivity contribution in [1.29, 1.82) is 0 Å². The molecule has 0 aliphatic heterocycles. The molecule has 0 N–H and O–H groups in total. The fourth-order valence-corrected chi connectivity index (χ4v) is 1.17. The van der Waals surface area contributed by atoms with Crippen LogP contribution in [0.5, 0.6) is 0 Å². The van der Waals surface area contributed by atoms with E-state index in [0.29, 0.717) is 6.61 Å². The van der Waals surface area contributed by atoms with Gasteiger partial charge in [0.1, 0.15) is 0 Å². The molecule has 0 aliphatic rings. The van der Waals surface area contributed by atoms with Crippen LogP contribution in [0, 0.1) is 25.7 Å². The summed E-state index contributed by atoms with van der Waals surface area (Å²) in [5, 5.41) is 0. The van der Waals surface area contributed by atoms with Gasteiger partial charge in [-0.2, -0.15) is 0 Å². The normalized spacial score (nSPS) is 9.00. The van der Waals surface area contributed by atoms with Crippen LogP contribution in [0.15, 0.2) is 18.2 Å². The molecule has 2 nitrogen and oxygen atoms in total. The number of aryl methyl sites for hydroxylation is 1. The zero-order valence-electron chi connectivity index (χ0n) is 9.26. The van der Waals surface area contributed by atoms with Gasteiger partial charge in [-0.1, -0.05) is 18.1 Å². The highest BCUT2D eigenvalue weighted by molar-refractivity contribution is 5.89. The summed E-state index contributed by atoms with van der Waals surface area (Å²) in [5.74, 6) is 4.80. The lowest BCUT2D eigenvalue weighted by atomic mass is 10.0. The van der Waals surface area contributed by atoms with Gasteiger partial charge in [0.15, 0.2) is 0 Å². The first-order valence-corrected chi connectivity index (χ1v) is 4.90. The summed E-state index contributed by atoms with van der Waals surface area (Å²) in [4.78, 5) is 11.0. The molecule has 0 unspecified atom stereocenters. The van der Waals surface area contributed by atoms with Gasteiger partial charge in [-0.15, -0.1) is 0 Å². The van der Waals surface area contributed by atoms with Gasteiger partial charge in [0, 0.05) is 11.5 Å². The van der Waals surface area contributed by atoms with Gasteiger partial charge in [-0.25, -0.2) is 4.79 Å². The summed E-state index contributed by atoms with van der Waals surface area (Å²) < 4.78 is 4.72. The van der Waals surface area contributed by atoms with E-state index in [4.69, 9.17) is 4.74 Å². The second-order valence-corrected chi connectivity index (χ2v) is 3.22. The van der Waals surface area contributed by atoms with Crippen LogP contribution in [-0.2, 0) is 9.53 Å². The quantitative estimate of drug-likeness (QED) is 0.515. The van der Waals surface area contributed by atoms with Crippen molar-refractivity contribution in [2.75, 3.05) is 6.61 Å². The molecule has 0 saturated carbocycles. The zero-order chi connectivity index (χ0) is 11.3. The Balaban J connectivity index is 2.89. The Hall–Kier alpha value is -1.75. The largest absolute Gasteiger partial charge is 0.456 e. The lowest BCUT2D eigenvalue weighted by Crippen LogP contribution is -1.99. The number of carbonyl (C=O) groups excluding carboxylic acids is 1. The number of benzene rings is 1. The number of carbonyl (C=O) groups is 1. The number of hydrogen-bond acceptors (Lipinski definition) is 2. The maximum atomic E-state index is 11.0. The molecule has 0 aromatic heterocycles. The molecule has 2 heteroatoms. The van der Waals surface area contributed by atoms with Crippen LogP contribution >= 0.6 is 0 Å². The van der Waals surface area contributed by atoms with Crippen molar-refractivity contribution in [2.45, 2.75) is 20.8 Å². The van der Waals surface area contributed by atoms with Crippen LogP contribution in [0.25, 0.3) is 0 Å². The highest BCUT2D eigenvalue weighted by Crippen LogP contribution is 2.10. The van der Waals surface area contributed by atoms with Crippen molar-refractivity contribution in [1.82, 2.24) is 0 Å². The van der Waals surface area contributed by atoms with Gasteiger partial charge < -0.3 is 4.74 Å². The summed E-state index contributed by atoms with van der Waals surface area (Å²) in [7, 11) is 0. The number of hydrogen-bond donors (Lipinski definition) is 0. The van der Waals surface area contributed by atoms with E-state index in [9.17, 15) is 4.79 Å². The molecule has 0 bridgehead atoms. The van der Waals surface area contributed by atoms with Crippen LogP contribution < -0.4 is 0 Å². The van der Waals surface area contributed by atoms with Crippen molar-refractivity contribution in [3.8, 4) is 11.8 Å². The zero-order valence-corrected chi connectivity index (χ0v) is 9.26. The molecule has 0 saturated heterocycles. The summed E-state index contributed by atoms with van der Waals surface area (Å²) in [6, 6.07) is 5.84. The Labute approximate surface area is 90.3 Å². The molecular formula is C13H14O2. The number of rotatable bonds is 1. The standard InChI is InChI=1S/C13H14O2/c1-4-15-13(14)9-8-12-7-5-6-10(2)11(12)3/h5-7H,4H2,1-3H3. The SMILES string of the molecule is CCOC(=O)C#Cc1cccc(C)c1C. The van der Waals surface area contributed by atoms with Gasteiger partial charge in [-0.3, -0.25) is 0 Å². The van der Waals surface area contributed by atoms with Gasteiger partial charge in [0.25, 0.3) is 0 Å². The van der Waals surface area contributed by atoms with E-state index in [1.807, 2.05) is 32.0 Å². The fraction of sp³-hybridized carbons (Fsp3) is 0.308. The Morgan fingerprint density at radius 1 is 1.40 bits per heavy atom. The molecule has 0 aliphatic carbocycles. The molecule has 0 radical (unpaired) electrons. The summed E-state index contributed by atoms with van der Waals surface area (Å²) in [5.41, 5.74) is 3.16. The molecule has 15 heavy (non-hydrogen) atoms. The van der Waals surface area contributed by atoms with Crippen molar-refractivity contribution < 1.29 is 9.53 Å². The van der Waals surface area contributed by atoms with Gasteiger partial charge in [0.2, 0.25) is 0 Å². The first kappa shape index (κ1) is 11.3. The number of ether oxygens (including phenoxy) is 1. The monoisotopic (exact) mass is 202 g/mol. The van der Waals surface area contributed by atoms with Crippen molar-refractivity contribution in [2.24, 2.45) is 0 Å². The van der Waals surface area contributed by atoms with E-state index in [0.717, 1.165) is 11.1 Å². The molecule has 1 rings (SSSR count). The molecule has 0 heterocycles. The van der Waals surface area contributed by atoms with E-state index >= 15 is 0 Å². The second kappa shape index (κ2) is 5.21. The molecule has 1 aromatic rings. The molecule has 0 amide bonds. The summed E-state index contributed by atoms with van der Waals surface area (Å²) >= 11 is 0. The molecule has 0 spiro atoms. The lowest BCUT2D eigenvalue weighted by Gasteiger charge is -2.00. The molecule has 78 valence electrons. The van der Waals surface area contributed by atoms with E-state index in [1.165, 1.54) is 5.56 Å². The third-order valence-electron chi connectivity index (χ3n) is 2.18. The maximum absolute atomic E-state index is 11.0. The molecule has 1 aromatic carbocycles. The molecular weight excluding hydrogens is 188 g/mol. The smallest absolute Gasteiger partial charge is 0.384 e. The minimum Gasteiger partial charge on any atom is -0.456 e. The lowest BCUT2D eigenvalue weighted by molar-refractivity contribution is -0.136. The van der Waals surface area contributed by atoms with Crippen LogP contribution in [0.1, 0.15) is 23.6 Å². The summed E-state index contributed by atoms with van der Waals surface area (Å²) in [6.07, 6.45) is 0. The van der Waals surface area contributed by atoms with Gasteiger partial charge >= 0.3 is 5.97 Å². The Morgan fingerprint density at radius 2 is 2.13 bits per heavy atom. The van der Waals surface area contributed by atoms with Crippen molar-refractivity contribution in [3.05, 3.63) is 34.9 Å². The topological polar surface area (TPSA) is 26.3 Å². The Bertz CT molecular complexity index is 422. The fourth-order valence-electron chi connectivity index (χ4n) is 1.17. The number of esters is 1. The minimum absolute atomic E-state index is 0.361. The Kier molecular flexibility index (Phi) is 3.93. The van der Waals surface area contributed by atoms with Crippen LogP contribution in [-0.4, -0.2) is 12.6 Å². The molecule has 0 atom stereocenters. The van der Waals surface area contributed by atoms with Gasteiger partial charge in [-0.05, 0) is 38.0 Å². The maximum Gasteiger partial charge on any atom is 0.384 e. The van der Waals surface area contributed by atoms with E-state index in [-0.39, 0.29) is 0 Å². The highest BCUT2D eigenvalue weighted by atomic mass is 16.5. The first-order valence-electron chi connectivity index (χ1n) is 4.90. The predicted molar refractivity (Wildman–Crippen MR) is 59.4 cm³/mol. The van der Waals surface area contributed by atoms with Crippen LogP contribution in [0.3, 0.4) is 0 Å². The average Bonchev–Trinajstić information content (AvgIpc) is 2.21. The highest BCUT2D eigenvalue weighted by Gasteiger charge is 1.98. The van der Waals surface area contributed by atoms with Crippen molar-refractivity contribution >= 4 is 5.97 Å². The predicted octanol–water partition coefficient (Wildman–Crippen LogP) is 2.22. The third kappa shape index (κ3) is 3.14. The second-order valence-electron chi connectivity index (χ2n) is 3.22. The minimum atomic E-state index is -0.474. The third-order valence-corrected chi connectivity index (χ3v) is 2.18. The summed E-state index contributed by atoms with van der Waals surface area (Å²) in [6.45, 7) is 6.13. The van der Waals surface area contributed by atoms with E-state index < -0.39 is 5.97 Å². The first-order chi connectivity index (χ1) is 7.15. The average molecular weight is 202 g/mol. The van der Waals surface area contributed by atoms with Crippen LogP contribution in [0.4, 0.5) is 0 Å². The van der Waals surface area contributed by atoms with Gasteiger partial charge in [0.05, 0.1) is 6.61 Å².